The number of hydrogen-bond acceptors (Lipinski definition) is 1. The SMILES string of the molecule is CC(C)Oc1cc(F)cc(Br)c1. The van der Waals surface area contributed by atoms with Crippen LogP contribution in [0.25, 0.3) is 0 Å². The van der Waals surface area contributed by atoms with E-state index in [4.69, 9.17) is 4.74 Å². The van der Waals surface area contributed by atoms with Crippen LogP contribution in [0.5, 0.6) is 5.75 Å². The Morgan fingerprint density at radius 3 is 2.50 bits per heavy atom. The maximum atomic E-state index is 12.8. The second-order valence-corrected chi connectivity index (χ2v) is 3.69. The topological polar surface area (TPSA) is 9.23 Å². The van der Waals surface area contributed by atoms with E-state index in [2.05, 4.69) is 15.9 Å². The molecule has 1 nitrogen and oxygen atoms in total. The van der Waals surface area contributed by atoms with Gasteiger partial charge in [0.05, 0.1) is 6.10 Å². The Morgan fingerprint density at radius 1 is 1.33 bits per heavy atom. The fourth-order valence-electron chi connectivity index (χ4n) is 0.869. The van der Waals surface area contributed by atoms with E-state index in [1.807, 2.05) is 13.8 Å². The average molecular weight is 233 g/mol. The Bertz CT molecular complexity index is 253. The van der Waals surface area contributed by atoms with Crippen LogP contribution in [0.2, 0.25) is 0 Å². The van der Waals surface area contributed by atoms with Gasteiger partial charge >= 0.3 is 0 Å². The van der Waals surface area contributed by atoms with E-state index in [0.29, 0.717) is 10.2 Å². The first-order valence-corrected chi connectivity index (χ1v) is 4.50. The summed E-state index contributed by atoms with van der Waals surface area (Å²) in [6.45, 7) is 3.80. The molecule has 3 heteroatoms. The molecule has 0 radical (unpaired) electrons. The van der Waals surface area contributed by atoms with Gasteiger partial charge in [-0.1, -0.05) is 15.9 Å². The second kappa shape index (κ2) is 3.90. The fraction of sp³-hybridized carbons (Fsp3) is 0.333. The predicted octanol–water partition coefficient (Wildman–Crippen LogP) is 3.38. The third-order valence-corrected chi connectivity index (χ3v) is 1.67. The molecule has 0 aliphatic heterocycles. The first-order chi connectivity index (χ1) is 5.58. The molecule has 0 unspecified atom stereocenters. The van der Waals surface area contributed by atoms with Crippen molar-refractivity contribution >= 4 is 15.9 Å². The van der Waals surface area contributed by atoms with Gasteiger partial charge < -0.3 is 4.74 Å². The van der Waals surface area contributed by atoms with Crippen molar-refractivity contribution in [1.82, 2.24) is 0 Å². The van der Waals surface area contributed by atoms with Crippen molar-refractivity contribution < 1.29 is 9.13 Å². The van der Waals surface area contributed by atoms with Gasteiger partial charge in [-0.05, 0) is 26.0 Å². The summed E-state index contributed by atoms with van der Waals surface area (Å²) in [6, 6.07) is 4.50. The van der Waals surface area contributed by atoms with Gasteiger partial charge in [-0.3, -0.25) is 0 Å². The summed E-state index contributed by atoms with van der Waals surface area (Å²) >= 11 is 3.18. The van der Waals surface area contributed by atoms with Gasteiger partial charge in [0, 0.05) is 10.5 Å². The van der Waals surface area contributed by atoms with Crippen LogP contribution < -0.4 is 4.74 Å². The molecule has 66 valence electrons. The van der Waals surface area contributed by atoms with Crippen molar-refractivity contribution in [3.05, 3.63) is 28.5 Å². The maximum Gasteiger partial charge on any atom is 0.128 e. The van der Waals surface area contributed by atoms with E-state index >= 15 is 0 Å². The highest BCUT2D eigenvalue weighted by molar-refractivity contribution is 9.10. The zero-order chi connectivity index (χ0) is 9.14. The first kappa shape index (κ1) is 9.52. The molecule has 0 heterocycles. The van der Waals surface area contributed by atoms with Crippen molar-refractivity contribution in [2.45, 2.75) is 20.0 Å². The Balaban J connectivity index is 2.85. The van der Waals surface area contributed by atoms with Crippen LogP contribution in [0, 0.1) is 5.82 Å². The van der Waals surface area contributed by atoms with Gasteiger partial charge in [0.2, 0.25) is 0 Å². The minimum absolute atomic E-state index is 0.0682. The molecule has 0 aliphatic carbocycles. The van der Waals surface area contributed by atoms with E-state index in [9.17, 15) is 4.39 Å². The highest BCUT2D eigenvalue weighted by Crippen LogP contribution is 2.21. The van der Waals surface area contributed by atoms with E-state index in [0.717, 1.165) is 0 Å². The summed E-state index contributed by atoms with van der Waals surface area (Å²) in [4.78, 5) is 0. The molecule has 0 aromatic heterocycles. The number of rotatable bonds is 2. The zero-order valence-corrected chi connectivity index (χ0v) is 8.56. The van der Waals surface area contributed by atoms with E-state index < -0.39 is 0 Å². The van der Waals surface area contributed by atoms with Gasteiger partial charge in [0.1, 0.15) is 11.6 Å². The van der Waals surface area contributed by atoms with Crippen LogP contribution in [0.3, 0.4) is 0 Å². The van der Waals surface area contributed by atoms with Crippen LogP contribution in [-0.4, -0.2) is 6.10 Å². The molecular formula is C9H10BrFO. The standard InChI is InChI=1S/C9H10BrFO/c1-6(2)12-9-4-7(10)3-8(11)5-9/h3-6H,1-2H3. The fourth-order valence-corrected chi connectivity index (χ4v) is 1.31. The molecule has 1 aromatic rings. The molecule has 0 saturated carbocycles. The molecule has 0 N–H and O–H groups in total. The third kappa shape index (κ3) is 2.81. The normalized spacial score (nSPS) is 10.4. The quantitative estimate of drug-likeness (QED) is 0.760. The Labute approximate surface area is 79.7 Å². The molecular weight excluding hydrogens is 223 g/mol. The lowest BCUT2D eigenvalue weighted by Gasteiger charge is -2.09. The zero-order valence-electron chi connectivity index (χ0n) is 6.97. The summed E-state index contributed by atoms with van der Waals surface area (Å²) < 4.78 is 18.8. The van der Waals surface area contributed by atoms with Gasteiger partial charge in [0.25, 0.3) is 0 Å². The molecule has 0 fully saturated rings. The van der Waals surface area contributed by atoms with Crippen LogP contribution in [0.1, 0.15) is 13.8 Å². The van der Waals surface area contributed by atoms with Crippen LogP contribution in [-0.2, 0) is 0 Å². The Morgan fingerprint density at radius 2 is 2.00 bits per heavy atom. The average Bonchev–Trinajstić information content (AvgIpc) is 1.81. The summed E-state index contributed by atoms with van der Waals surface area (Å²) in [5, 5.41) is 0. The number of ether oxygens (including phenoxy) is 1. The molecule has 0 saturated heterocycles. The third-order valence-electron chi connectivity index (χ3n) is 1.21. The number of hydrogen-bond donors (Lipinski definition) is 0. The molecule has 1 aromatic carbocycles. The number of benzene rings is 1. The van der Waals surface area contributed by atoms with E-state index in [-0.39, 0.29) is 11.9 Å². The highest BCUT2D eigenvalue weighted by atomic mass is 79.9. The summed E-state index contributed by atoms with van der Waals surface area (Å²) in [7, 11) is 0. The van der Waals surface area contributed by atoms with E-state index in [1.54, 1.807) is 6.07 Å². The van der Waals surface area contributed by atoms with Crippen LogP contribution >= 0.6 is 15.9 Å². The van der Waals surface area contributed by atoms with Gasteiger partial charge in [-0.25, -0.2) is 4.39 Å². The Hall–Kier alpha value is -0.570. The second-order valence-electron chi connectivity index (χ2n) is 2.77. The largest absolute Gasteiger partial charge is 0.491 e. The highest BCUT2D eigenvalue weighted by Gasteiger charge is 2.01. The van der Waals surface area contributed by atoms with Crippen molar-refractivity contribution in [3.8, 4) is 5.75 Å². The van der Waals surface area contributed by atoms with Crippen molar-refractivity contribution in [2.24, 2.45) is 0 Å². The van der Waals surface area contributed by atoms with Crippen molar-refractivity contribution in [1.29, 1.82) is 0 Å². The lowest BCUT2D eigenvalue weighted by molar-refractivity contribution is 0.241. The summed E-state index contributed by atoms with van der Waals surface area (Å²) in [5.74, 6) is 0.261. The first-order valence-electron chi connectivity index (χ1n) is 3.70. The van der Waals surface area contributed by atoms with Gasteiger partial charge in [0.15, 0.2) is 0 Å². The maximum absolute atomic E-state index is 12.8. The molecule has 1 rings (SSSR count). The molecule has 0 amide bonds. The molecule has 0 spiro atoms. The molecule has 0 aliphatic rings. The van der Waals surface area contributed by atoms with Crippen molar-refractivity contribution in [3.63, 3.8) is 0 Å². The molecule has 0 bridgehead atoms. The smallest absolute Gasteiger partial charge is 0.128 e. The van der Waals surface area contributed by atoms with Gasteiger partial charge in [-0.2, -0.15) is 0 Å². The Kier molecular flexibility index (Phi) is 3.09. The monoisotopic (exact) mass is 232 g/mol. The minimum Gasteiger partial charge on any atom is -0.491 e. The lowest BCUT2D eigenvalue weighted by Crippen LogP contribution is -2.05. The van der Waals surface area contributed by atoms with Crippen molar-refractivity contribution in [2.75, 3.05) is 0 Å². The minimum atomic E-state index is -0.292. The molecule has 12 heavy (non-hydrogen) atoms. The van der Waals surface area contributed by atoms with Gasteiger partial charge in [-0.15, -0.1) is 0 Å². The lowest BCUT2D eigenvalue weighted by atomic mass is 10.3. The van der Waals surface area contributed by atoms with E-state index in [1.165, 1.54) is 12.1 Å². The predicted molar refractivity (Wildman–Crippen MR) is 49.9 cm³/mol. The molecule has 0 atom stereocenters. The number of halogens is 2. The summed E-state index contributed by atoms with van der Waals surface area (Å²) in [6.07, 6.45) is 0.0682. The summed E-state index contributed by atoms with van der Waals surface area (Å²) in [5.41, 5.74) is 0. The van der Waals surface area contributed by atoms with Crippen LogP contribution in [0.15, 0.2) is 22.7 Å². The van der Waals surface area contributed by atoms with Crippen LogP contribution in [0.4, 0.5) is 4.39 Å².